The highest BCUT2D eigenvalue weighted by Crippen LogP contribution is 2.56. The second kappa shape index (κ2) is 22.8. The summed E-state index contributed by atoms with van der Waals surface area (Å²) in [4.78, 5) is 11.3. The van der Waals surface area contributed by atoms with Gasteiger partial charge in [0.25, 0.3) is 0 Å². The van der Waals surface area contributed by atoms with Gasteiger partial charge in [0.05, 0.1) is 16.6 Å². The van der Waals surface area contributed by atoms with Gasteiger partial charge < -0.3 is 24.2 Å². The molecule has 0 saturated heterocycles. The predicted molar refractivity (Wildman–Crippen MR) is 217 cm³/mol. The van der Waals surface area contributed by atoms with Gasteiger partial charge >= 0.3 is 5.97 Å². The maximum Gasteiger partial charge on any atom is 0.338 e. The summed E-state index contributed by atoms with van der Waals surface area (Å²) in [5, 5.41) is 23.1. The number of esters is 1. The molecule has 0 aliphatic rings. The van der Waals surface area contributed by atoms with E-state index in [-0.39, 0.29) is 18.8 Å². The summed E-state index contributed by atoms with van der Waals surface area (Å²) in [6.45, 7) is 0.00215. The summed E-state index contributed by atoms with van der Waals surface area (Å²) in [6, 6.07) is 46.9. The van der Waals surface area contributed by atoms with Gasteiger partial charge in [-0.15, -0.1) is 0 Å². The van der Waals surface area contributed by atoms with Gasteiger partial charge in [-0.25, -0.2) is 13.2 Å². The zero-order valence-electron chi connectivity index (χ0n) is 30.6. The fourth-order valence-electron chi connectivity index (χ4n) is 6.17. The first kappa shape index (κ1) is 42.4. The van der Waals surface area contributed by atoms with E-state index >= 15 is 0 Å². The maximum absolute atomic E-state index is 11.8. The Balaban J connectivity index is 0.000000247. The highest BCUT2D eigenvalue weighted by Gasteiger charge is 2.44. The molecule has 5 rings (SSSR count). The third kappa shape index (κ3) is 13.5. The molecule has 0 radical (unpaired) electrons. The minimum atomic E-state index is -4.56. The number of carbonyl (C=O) groups excluding carboxylic acids is 1. The molecule has 5 aromatic rings. The Kier molecular flexibility index (Phi) is 17.9. The van der Waals surface area contributed by atoms with Crippen molar-refractivity contribution < 1.29 is 37.5 Å². The van der Waals surface area contributed by atoms with Crippen molar-refractivity contribution in [2.75, 3.05) is 26.0 Å². The molecule has 0 aromatic heterocycles. The van der Waals surface area contributed by atoms with Crippen molar-refractivity contribution in [3.05, 3.63) is 151 Å². The van der Waals surface area contributed by atoms with Gasteiger partial charge in [-0.3, -0.25) is 0 Å². The molecule has 0 saturated carbocycles. The number of rotatable bonds is 20. The van der Waals surface area contributed by atoms with Crippen LogP contribution in [-0.4, -0.2) is 61.2 Å². The normalized spacial score (nSPS) is 11.9. The summed E-state index contributed by atoms with van der Waals surface area (Å²) in [6.07, 6.45) is 10.1. The Morgan fingerprint density at radius 1 is 0.593 bits per heavy atom. The smallest absolute Gasteiger partial charge is 0.338 e. The average molecular weight is 771 g/mol. The fourth-order valence-corrected chi connectivity index (χ4v) is 11.1. The SMILES string of the molecule is O=C(OCC(O)COc1ccccc1)c1ccc(S(=O)(=O)[O-])cc1.OCCCCCCCCCC[P+](c1ccccc1)(c1ccccc1)c1ccccc1. The number of ether oxygens (including phenoxy) is 2. The average Bonchev–Trinajstić information content (AvgIpc) is 3.21. The lowest BCUT2D eigenvalue weighted by Crippen LogP contribution is -2.33. The monoisotopic (exact) mass is 770 g/mol. The third-order valence-corrected chi connectivity index (χ3v) is 14.3. The second-order valence-electron chi connectivity index (χ2n) is 12.9. The molecule has 0 bridgehead atoms. The molecule has 1 unspecified atom stereocenters. The number of carbonyl (C=O) groups is 1. The zero-order chi connectivity index (χ0) is 38.5. The van der Waals surface area contributed by atoms with Crippen LogP contribution in [-0.2, 0) is 14.9 Å². The first-order valence-corrected chi connectivity index (χ1v) is 21.9. The summed E-state index contributed by atoms with van der Waals surface area (Å²) >= 11 is 0. The lowest BCUT2D eigenvalue weighted by atomic mass is 10.1. The Labute approximate surface area is 320 Å². The predicted octanol–water partition coefficient (Wildman–Crippen LogP) is 7.28. The summed E-state index contributed by atoms with van der Waals surface area (Å²) < 4.78 is 42.6. The molecule has 0 heterocycles. The van der Waals surface area contributed by atoms with E-state index in [0.717, 1.165) is 18.6 Å². The van der Waals surface area contributed by atoms with Crippen LogP contribution in [0.15, 0.2) is 150 Å². The quantitative estimate of drug-likeness (QED) is 0.0365. The topological polar surface area (TPSA) is 133 Å². The highest BCUT2D eigenvalue weighted by atomic mass is 32.2. The number of aliphatic hydroxyl groups excluding tert-OH is 2. The minimum Gasteiger partial charge on any atom is -0.744 e. The molecular formula is C44H51O8PS. The lowest BCUT2D eigenvalue weighted by molar-refractivity contribution is 0.0130. The van der Waals surface area contributed by atoms with Gasteiger partial charge in [-0.1, -0.05) is 105 Å². The Hall–Kier alpha value is -4.37. The zero-order valence-corrected chi connectivity index (χ0v) is 32.3. The van der Waals surface area contributed by atoms with E-state index in [1.165, 1.54) is 79.2 Å². The molecule has 286 valence electrons. The number of benzene rings is 5. The Bertz CT molecular complexity index is 1780. The highest BCUT2D eigenvalue weighted by molar-refractivity contribution is 7.95. The van der Waals surface area contributed by atoms with E-state index in [2.05, 4.69) is 91.0 Å². The van der Waals surface area contributed by atoms with E-state index < -0.39 is 34.3 Å². The number of hydrogen-bond acceptors (Lipinski definition) is 8. The van der Waals surface area contributed by atoms with Crippen LogP contribution in [0.1, 0.15) is 61.7 Å². The molecule has 0 aliphatic carbocycles. The van der Waals surface area contributed by atoms with Crippen molar-refractivity contribution in [2.24, 2.45) is 0 Å². The number of unbranched alkanes of at least 4 members (excludes halogenated alkanes) is 7. The first-order chi connectivity index (χ1) is 26.2. The summed E-state index contributed by atoms with van der Waals surface area (Å²) in [7, 11) is -6.21. The van der Waals surface area contributed by atoms with Gasteiger partial charge in [0, 0.05) is 6.61 Å². The molecule has 0 spiro atoms. The van der Waals surface area contributed by atoms with Crippen molar-refractivity contribution in [1.29, 1.82) is 0 Å². The van der Waals surface area contributed by atoms with Gasteiger partial charge in [0.1, 0.15) is 58.4 Å². The van der Waals surface area contributed by atoms with Crippen LogP contribution in [0, 0.1) is 0 Å². The van der Waals surface area contributed by atoms with Crippen LogP contribution in [0.3, 0.4) is 0 Å². The van der Waals surface area contributed by atoms with E-state index in [9.17, 15) is 22.9 Å². The molecule has 2 N–H and O–H groups in total. The molecule has 1 atom stereocenters. The number of aliphatic hydroxyl groups is 2. The molecule has 54 heavy (non-hydrogen) atoms. The van der Waals surface area contributed by atoms with Crippen LogP contribution >= 0.6 is 7.26 Å². The van der Waals surface area contributed by atoms with Crippen molar-refractivity contribution in [3.63, 3.8) is 0 Å². The molecular weight excluding hydrogens is 720 g/mol. The van der Waals surface area contributed by atoms with Gasteiger partial charge in [-0.2, -0.15) is 0 Å². The maximum atomic E-state index is 11.8. The van der Waals surface area contributed by atoms with Crippen LogP contribution in [0.25, 0.3) is 0 Å². The van der Waals surface area contributed by atoms with Crippen molar-refractivity contribution in [2.45, 2.75) is 62.4 Å². The molecule has 8 nitrogen and oxygen atoms in total. The van der Waals surface area contributed by atoms with Gasteiger partial charge in [0.15, 0.2) is 0 Å². The summed E-state index contributed by atoms with van der Waals surface area (Å²) in [5.74, 6) is -0.166. The fraction of sp³-hybridized carbons (Fsp3) is 0.295. The van der Waals surface area contributed by atoms with E-state index in [4.69, 9.17) is 14.6 Å². The third-order valence-electron chi connectivity index (χ3n) is 8.96. The van der Waals surface area contributed by atoms with Crippen LogP contribution in [0.4, 0.5) is 0 Å². The van der Waals surface area contributed by atoms with Crippen LogP contribution in [0.5, 0.6) is 5.75 Å². The molecule has 5 aromatic carbocycles. The molecule has 0 amide bonds. The van der Waals surface area contributed by atoms with E-state index in [0.29, 0.717) is 12.4 Å². The summed E-state index contributed by atoms with van der Waals surface area (Å²) in [5.41, 5.74) is 0.0681. The van der Waals surface area contributed by atoms with Gasteiger partial charge in [-0.05, 0) is 92.1 Å². The minimum absolute atomic E-state index is 0.0509. The standard InChI is InChI=1S/C28H36OP.C16H16O7S/c29-24-16-5-3-1-2-4-6-17-25-30(26-18-10-7-11-19-26,27-20-12-8-13-21-27)28-22-14-9-15-23-28;17-13(10-22-14-4-2-1-3-5-14)11-23-16(18)12-6-8-15(9-7-12)24(19,20)21/h7-15,18-23,29H,1-6,16-17,24-25H2;1-9,13,17H,10-11H2,(H,19,20,21)/q+1;/p-1. The Morgan fingerprint density at radius 2 is 1.02 bits per heavy atom. The lowest BCUT2D eigenvalue weighted by Gasteiger charge is -2.27. The van der Waals surface area contributed by atoms with Crippen LogP contribution < -0.4 is 20.7 Å². The van der Waals surface area contributed by atoms with E-state index in [1.807, 2.05) is 6.07 Å². The molecule has 10 heteroatoms. The van der Waals surface area contributed by atoms with Crippen molar-refractivity contribution >= 4 is 39.3 Å². The largest absolute Gasteiger partial charge is 0.744 e. The van der Waals surface area contributed by atoms with E-state index in [1.54, 1.807) is 24.3 Å². The number of hydrogen-bond donors (Lipinski definition) is 2. The second-order valence-corrected chi connectivity index (χ2v) is 17.9. The molecule has 0 aliphatic heterocycles. The van der Waals surface area contributed by atoms with Crippen molar-refractivity contribution in [1.82, 2.24) is 0 Å². The first-order valence-electron chi connectivity index (χ1n) is 18.5. The number of para-hydroxylation sites is 1. The van der Waals surface area contributed by atoms with Crippen LogP contribution in [0.2, 0.25) is 0 Å². The van der Waals surface area contributed by atoms with Gasteiger partial charge in [0.2, 0.25) is 0 Å². The Morgan fingerprint density at radius 3 is 1.46 bits per heavy atom. The van der Waals surface area contributed by atoms with Crippen molar-refractivity contribution in [3.8, 4) is 5.75 Å². The molecule has 0 fully saturated rings.